The second-order valence-electron chi connectivity index (χ2n) is 6.12. The number of carbonyl (C=O) groups excluding carboxylic acids is 1. The summed E-state index contributed by atoms with van der Waals surface area (Å²) in [6.45, 7) is 3.97. The largest absolute Gasteiger partial charge is 0.325 e. The molecule has 136 valence electrons. The number of benzene rings is 2. The zero-order valence-corrected chi connectivity index (χ0v) is 16.1. The predicted octanol–water partition coefficient (Wildman–Crippen LogP) is 4.29. The average Bonchev–Trinajstić information content (AvgIpc) is 2.96. The van der Waals surface area contributed by atoms with Crippen molar-refractivity contribution >= 4 is 23.4 Å². The van der Waals surface area contributed by atoms with Gasteiger partial charge in [0, 0.05) is 5.69 Å². The molecule has 0 unspecified atom stereocenters. The van der Waals surface area contributed by atoms with Crippen LogP contribution in [0.4, 0.5) is 5.69 Å². The van der Waals surface area contributed by atoms with Crippen LogP contribution in [-0.4, -0.2) is 21.4 Å². The maximum atomic E-state index is 12.3. The van der Waals surface area contributed by atoms with Gasteiger partial charge in [-0.25, -0.2) is 4.68 Å². The molecular formula is C21H20N4OS. The first-order chi connectivity index (χ1) is 13.1. The summed E-state index contributed by atoms with van der Waals surface area (Å²) in [5, 5.41) is 16.2. The summed E-state index contributed by atoms with van der Waals surface area (Å²) in [6, 6.07) is 19.4. The Morgan fingerprint density at radius 1 is 1.15 bits per heavy atom. The molecule has 2 aromatic carbocycles. The Kier molecular flexibility index (Phi) is 5.94. The smallest absolute Gasteiger partial charge is 0.234 e. The summed E-state index contributed by atoms with van der Waals surface area (Å²) in [5.74, 6) is 0.238. The maximum Gasteiger partial charge on any atom is 0.234 e. The van der Waals surface area contributed by atoms with Crippen molar-refractivity contribution in [2.45, 2.75) is 25.2 Å². The Labute approximate surface area is 163 Å². The first-order valence-corrected chi connectivity index (χ1v) is 9.57. The van der Waals surface area contributed by atoms with Gasteiger partial charge in [-0.1, -0.05) is 30.3 Å². The third-order valence-electron chi connectivity index (χ3n) is 4.09. The summed E-state index contributed by atoms with van der Waals surface area (Å²) in [5.41, 5.74) is 4.61. The molecule has 0 radical (unpaired) electrons. The highest BCUT2D eigenvalue weighted by Crippen LogP contribution is 2.28. The maximum absolute atomic E-state index is 12.3. The second-order valence-corrected chi connectivity index (χ2v) is 7.10. The molecule has 0 fully saturated rings. The molecule has 5 nitrogen and oxygen atoms in total. The molecule has 3 aromatic rings. The fourth-order valence-electron chi connectivity index (χ4n) is 2.79. The van der Waals surface area contributed by atoms with Crippen molar-refractivity contribution in [3.05, 3.63) is 71.5 Å². The van der Waals surface area contributed by atoms with Crippen LogP contribution in [0.5, 0.6) is 0 Å². The summed E-state index contributed by atoms with van der Waals surface area (Å²) in [7, 11) is 0. The number of hydrogen-bond donors (Lipinski definition) is 1. The van der Waals surface area contributed by atoms with Crippen molar-refractivity contribution in [1.82, 2.24) is 9.78 Å². The first kappa shape index (κ1) is 18.7. The van der Waals surface area contributed by atoms with Gasteiger partial charge in [0.15, 0.2) is 0 Å². The number of hydrogen-bond acceptors (Lipinski definition) is 4. The number of carbonyl (C=O) groups is 1. The molecule has 1 aromatic heterocycles. The highest BCUT2D eigenvalue weighted by molar-refractivity contribution is 8.00. The van der Waals surface area contributed by atoms with Crippen molar-refractivity contribution in [2.24, 2.45) is 0 Å². The summed E-state index contributed by atoms with van der Waals surface area (Å²) in [4.78, 5) is 13.3. The van der Waals surface area contributed by atoms with Crippen LogP contribution in [0.3, 0.4) is 0 Å². The number of thioether (sulfide) groups is 1. The number of aromatic nitrogens is 2. The van der Waals surface area contributed by atoms with Gasteiger partial charge in [0.25, 0.3) is 0 Å². The van der Waals surface area contributed by atoms with Gasteiger partial charge in [0.2, 0.25) is 5.91 Å². The van der Waals surface area contributed by atoms with Crippen molar-refractivity contribution < 1.29 is 4.79 Å². The van der Waals surface area contributed by atoms with E-state index in [0.717, 1.165) is 33.2 Å². The molecule has 27 heavy (non-hydrogen) atoms. The Morgan fingerprint density at radius 3 is 2.52 bits per heavy atom. The lowest BCUT2D eigenvalue weighted by Gasteiger charge is -2.07. The average molecular weight is 376 g/mol. The van der Waals surface area contributed by atoms with Crippen LogP contribution < -0.4 is 5.32 Å². The number of rotatable bonds is 6. The summed E-state index contributed by atoms with van der Waals surface area (Å²) in [6.07, 6.45) is 0.369. The van der Waals surface area contributed by atoms with Gasteiger partial charge in [0.1, 0.15) is 0 Å². The number of amides is 1. The van der Waals surface area contributed by atoms with Gasteiger partial charge in [-0.15, -0.1) is 11.8 Å². The molecule has 0 atom stereocenters. The SMILES string of the molecule is Cc1nn(-c2ccccc2)c(C)c1SCC(=O)Nc1ccc(CC#N)cc1. The van der Waals surface area contributed by atoms with E-state index in [2.05, 4.69) is 16.5 Å². The lowest BCUT2D eigenvalue weighted by atomic mass is 10.1. The zero-order chi connectivity index (χ0) is 19.2. The van der Waals surface area contributed by atoms with Crippen molar-refractivity contribution in [3.63, 3.8) is 0 Å². The normalized spacial score (nSPS) is 10.4. The van der Waals surface area contributed by atoms with Crippen LogP contribution in [-0.2, 0) is 11.2 Å². The molecule has 1 N–H and O–H groups in total. The highest BCUT2D eigenvalue weighted by atomic mass is 32.2. The van der Waals surface area contributed by atoms with E-state index in [4.69, 9.17) is 5.26 Å². The summed E-state index contributed by atoms with van der Waals surface area (Å²) >= 11 is 1.49. The lowest BCUT2D eigenvalue weighted by Crippen LogP contribution is -2.14. The van der Waals surface area contributed by atoms with Crippen molar-refractivity contribution in [1.29, 1.82) is 5.26 Å². The number of nitrogens with one attached hydrogen (secondary N) is 1. The molecule has 0 spiro atoms. The van der Waals surface area contributed by atoms with E-state index in [0.29, 0.717) is 12.2 Å². The fourth-order valence-corrected chi connectivity index (χ4v) is 3.68. The van der Waals surface area contributed by atoms with Crippen molar-refractivity contribution in [3.8, 4) is 11.8 Å². The van der Waals surface area contributed by atoms with E-state index < -0.39 is 0 Å². The van der Waals surface area contributed by atoms with E-state index in [9.17, 15) is 4.79 Å². The third-order valence-corrected chi connectivity index (χ3v) is 5.38. The van der Waals surface area contributed by atoms with Gasteiger partial charge < -0.3 is 5.32 Å². The Balaban J connectivity index is 1.64. The minimum atomic E-state index is -0.0701. The van der Waals surface area contributed by atoms with Gasteiger partial charge in [-0.2, -0.15) is 10.4 Å². The summed E-state index contributed by atoms with van der Waals surface area (Å²) < 4.78 is 1.91. The first-order valence-electron chi connectivity index (χ1n) is 8.58. The van der Waals surface area contributed by atoms with Gasteiger partial charge in [0.05, 0.1) is 40.2 Å². The Bertz CT molecular complexity index is 972. The van der Waals surface area contributed by atoms with E-state index in [1.54, 1.807) is 0 Å². The van der Waals surface area contributed by atoms with Gasteiger partial charge >= 0.3 is 0 Å². The van der Waals surface area contributed by atoms with E-state index >= 15 is 0 Å². The predicted molar refractivity (Wildman–Crippen MR) is 108 cm³/mol. The van der Waals surface area contributed by atoms with Gasteiger partial charge in [-0.05, 0) is 43.7 Å². The molecule has 3 rings (SSSR count). The van der Waals surface area contributed by atoms with Gasteiger partial charge in [-0.3, -0.25) is 4.79 Å². The topological polar surface area (TPSA) is 70.7 Å². The Morgan fingerprint density at radius 2 is 1.85 bits per heavy atom. The van der Waals surface area contributed by atoms with Crippen LogP contribution in [0.25, 0.3) is 5.69 Å². The second kappa shape index (κ2) is 8.56. The van der Waals surface area contributed by atoms with E-state index in [1.807, 2.05) is 73.1 Å². The number of anilines is 1. The zero-order valence-electron chi connectivity index (χ0n) is 15.3. The molecule has 0 saturated heterocycles. The van der Waals surface area contributed by atoms with Crippen LogP contribution in [0, 0.1) is 25.2 Å². The van der Waals surface area contributed by atoms with Crippen LogP contribution in [0.2, 0.25) is 0 Å². The lowest BCUT2D eigenvalue weighted by molar-refractivity contribution is -0.113. The minimum Gasteiger partial charge on any atom is -0.325 e. The van der Waals surface area contributed by atoms with Crippen LogP contribution in [0.1, 0.15) is 17.0 Å². The number of nitrogens with zero attached hydrogens (tertiary/aromatic N) is 3. The van der Waals surface area contributed by atoms with E-state index in [1.165, 1.54) is 11.8 Å². The molecule has 1 amide bonds. The molecule has 0 saturated carbocycles. The van der Waals surface area contributed by atoms with Crippen LogP contribution >= 0.6 is 11.8 Å². The minimum absolute atomic E-state index is 0.0701. The molecule has 0 aliphatic rings. The number of para-hydroxylation sites is 1. The Hall–Kier alpha value is -3.04. The number of aryl methyl sites for hydroxylation is 1. The highest BCUT2D eigenvalue weighted by Gasteiger charge is 2.15. The quantitative estimate of drug-likeness (QED) is 0.652. The fraction of sp³-hybridized carbons (Fsp3) is 0.190. The molecule has 6 heteroatoms. The molecule has 0 aliphatic heterocycles. The molecule has 0 aliphatic carbocycles. The monoisotopic (exact) mass is 376 g/mol. The standard InChI is InChI=1S/C21H20N4OS/c1-15-21(16(2)25(24-15)19-6-4-3-5-7-19)27-14-20(26)23-18-10-8-17(9-11-18)12-13-22/h3-11H,12,14H2,1-2H3,(H,23,26). The molecule has 0 bridgehead atoms. The number of nitriles is 1. The third kappa shape index (κ3) is 4.57. The molecular weight excluding hydrogens is 356 g/mol. The van der Waals surface area contributed by atoms with Crippen LogP contribution in [0.15, 0.2) is 59.5 Å². The molecule has 1 heterocycles. The van der Waals surface area contributed by atoms with Crippen molar-refractivity contribution in [2.75, 3.05) is 11.1 Å². The van der Waals surface area contributed by atoms with E-state index in [-0.39, 0.29) is 5.91 Å².